The summed E-state index contributed by atoms with van der Waals surface area (Å²) in [7, 11) is 0. The Hall–Kier alpha value is -2.88. The third-order valence-electron chi connectivity index (χ3n) is 3.50. The number of hydrogen-bond acceptors (Lipinski definition) is 3. The first-order chi connectivity index (χ1) is 11.4. The Kier molecular flexibility index (Phi) is 5.90. The highest BCUT2D eigenvalue weighted by Crippen LogP contribution is 2.16. The van der Waals surface area contributed by atoms with E-state index in [-0.39, 0.29) is 12.5 Å². The maximum absolute atomic E-state index is 11.9. The first-order valence-electron chi connectivity index (χ1n) is 7.72. The standard InChI is InChI=1S/C20H21NO3/c1-14-5-8-17(9-6-14)10-11-20(23)24-13-19(22)21-18-12-15(2)4-7-16(18)3/h4-12H,13H2,1-3H3,(H,21,22)/b11-10+. The fraction of sp³-hybridized carbons (Fsp3) is 0.200. The highest BCUT2D eigenvalue weighted by atomic mass is 16.5. The Labute approximate surface area is 142 Å². The van der Waals surface area contributed by atoms with Gasteiger partial charge in [-0.05, 0) is 49.6 Å². The van der Waals surface area contributed by atoms with Gasteiger partial charge in [-0.1, -0.05) is 42.0 Å². The highest BCUT2D eigenvalue weighted by Gasteiger charge is 2.07. The van der Waals surface area contributed by atoms with E-state index < -0.39 is 5.97 Å². The Morgan fingerprint density at radius 1 is 1.00 bits per heavy atom. The molecule has 2 rings (SSSR count). The number of anilines is 1. The highest BCUT2D eigenvalue weighted by molar-refractivity contribution is 5.95. The van der Waals surface area contributed by atoms with Gasteiger partial charge in [-0.3, -0.25) is 4.79 Å². The first-order valence-corrected chi connectivity index (χ1v) is 7.72. The van der Waals surface area contributed by atoms with Crippen LogP contribution >= 0.6 is 0 Å². The summed E-state index contributed by atoms with van der Waals surface area (Å²) in [6.45, 7) is 5.54. The second-order valence-electron chi connectivity index (χ2n) is 5.72. The van der Waals surface area contributed by atoms with Crippen molar-refractivity contribution < 1.29 is 14.3 Å². The van der Waals surface area contributed by atoms with Gasteiger partial charge in [0.1, 0.15) is 0 Å². The van der Waals surface area contributed by atoms with Crippen LogP contribution in [0.1, 0.15) is 22.3 Å². The first kappa shape index (κ1) is 17.5. The smallest absolute Gasteiger partial charge is 0.331 e. The maximum atomic E-state index is 11.9. The van der Waals surface area contributed by atoms with E-state index in [4.69, 9.17) is 4.74 Å². The van der Waals surface area contributed by atoms with Gasteiger partial charge in [0, 0.05) is 11.8 Å². The summed E-state index contributed by atoms with van der Waals surface area (Å²) < 4.78 is 4.95. The summed E-state index contributed by atoms with van der Waals surface area (Å²) in [6, 6.07) is 13.5. The molecule has 0 spiro atoms. The van der Waals surface area contributed by atoms with Gasteiger partial charge in [0.05, 0.1) is 0 Å². The van der Waals surface area contributed by atoms with Gasteiger partial charge < -0.3 is 10.1 Å². The molecule has 0 atom stereocenters. The van der Waals surface area contributed by atoms with Gasteiger partial charge >= 0.3 is 5.97 Å². The average Bonchev–Trinajstić information content (AvgIpc) is 2.56. The summed E-state index contributed by atoms with van der Waals surface area (Å²) in [4.78, 5) is 23.6. The largest absolute Gasteiger partial charge is 0.452 e. The van der Waals surface area contributed by atoms with Crippen LogP contribution in [-0.4, -0.2) is 18.5 Å². The van der Waals surface area contributed by atoms with E-state index >= 15 is 0 Å². The third-order valence-corrected chi connectivity index (χ3v) is 3.50. The van der Waals surface area contributed by atoms with E-state index in [0.29, 0.717) is 0 Å². The molecule has 4 nitrogen and oxygen atoms in total. The van der Waals surface area contributed by atoms with E-state index in [2.05, 4.69) is 5.32 Å². The Morgan fingerprint density at radius 3 is 2.38 bits per heavy atom. The van der Waals surface area contributed by atoms with E-state index in [0.717, 1.165) is 27.9 Å². The number of benzene rings is 2. The third kappa shape index (κ3) is 5.39. The molecule has 124 valence electrons. The zero-order valence-corrected chi connectivity index (χ0v) is 14.1. The lowest BCUT2D eigenvalue weighted by molar-refractivity contribution is -0.142. The molecule has 0 saturated carbocycles. The molecular formula is C20H21NO3. The summed E-state index contributed by atoms with van der Waals surface area (Å²) >= 11 is 0. The number of hydrogen-bond donors (Lipinski definition) is 1. The molecule has 24 heavy (non-hydrogen) atoms. The normalized spacial score (nSPS) is 10.6. The second-order valence-corrected chi connectivity index (χ2v) is 5.72. The minimum absolute atomic E-state index is 0.315. The van der Waals surface area contributed by atoms with E-state index in [9.17, 15) is 9.59 Å². The van der Waals surface area contributed by atoms with Crippen molar-refractivity contribution in [2.75, 3.05) is 11.9 Å². The summed E-state index contributed by atoms with van der Waals surface area (Å²) in [5.41, 5.74) is 4.79. The van der Waals surface area contributed by atoms with Crippen LogP contribution < -0.4 is 5.32 Å². The number of ether oxygens (including phenoxy) is 1. The minimum atomic E-state index is -0.549. The molecule has 0 aliphatic carbocycles. The van der Waals surface area contributed by atoms with Crippen LogP contribution in [0.3, 0.4) is 0 Å². The number of carbonyl (C=O) groups excluding carboxylic acids is 2. The van der Waals surface area contributed by atoms with Crippen molar-refractivity contribution in [2.24, 2.45) is 0 Å². The van der Waals surface area contributed by atoms with Crippen molar-refractivity contribution in [1.82, 2.24) is 0 Å². The van der Waals surface area contributed by atoms with Gasteiger partial charge in [0.25, 0.3) is 5.91 Å². The predicted molar refractivity (Wildman–Crippen MR) is 95.7 cm³/mol. The lowest BCUT2D eigenvalue weighted by atomic mass is 10.1. The van der Waals surface area contributed by atoms with Crippen molar-refractivity contribution in [3.63, 3.8) is 0 Å². The molecule has 0 aromatic heterocycles. The van der Waals surface area contributed by atoms with E-state index in [1.165, 1.54) is 6.08 Å². The zero-order valence-electron chi connectivity index (χ0n) is 14.1. The molecule has 0 aliphatic heterocycles. The van der Waals surface area contributed by atoms with Crippen molar-refractivity contribution >= 4 is 23.6 Å². The minimum Gasteiger partial charge on any atom is -0.452 e. The lowest BCUT2D eigenvalue weighted by Crippen LogP contribution is -2.20. The number of aryl methyl sites for hydroxylation is 3. The van der Waals surface area contributed by atoms with Crippen LogP contribution in [0.4, 0.5) is 5.69 Å². The van der Waals surface area contributed by atoms with Crippen molar-refractivity contribution in [3.05, 3.63) is 70.8 Å². The number of rotatable bonds is 5. The Balaban J connectivity index is 1.83. The van der Waals surface area contributed by atoms with Crippen LogP contribution in [0.2, 0.25) is 0 Å². The summed E-state index contributed by atoms with van der Waals surface area (Å²) in [6.07, 6.45) is 2.97. The maximum Gasteiger partial charge on any atom is 0.331 e. The molecule has 0 fully saturated rings. The Bertz CT molecular complexity index is 761. The molecule has 2 aromatic rings. The number of esters is 1. The number of nitrogens with one attached hydrogen (secondary N) is 1. The molecule has 2 aromatic carbocycles. The topological polar surface area (TPSA) is 55.4 Å². The SMILES string of the molecule is Cc1ccc(/C=C/C(=O)OCC(=O)Nc2cc(C)ccc2C)cc1. The predicted octanol–water partition coefficient (Wildman–Crippen LogP) is 3.81. The molecule has 1 N–H and O–H groups in total. The molecular weight excluding hydrogens is 302 g/mol. The van der Waals surface area contributed by atoms with Gasteiger partial charge in [-0.2, -0.15) is 0 Å². The molecule has 0 heterocycles. The second kappa shape index (κ2) is 8.11. The van der Waals surface area contributed by atoms with Crippen LogP contribution in [-0.2, 0) is 14.3 Å². The van der Waals surface area contributed by atoms with E-state index in [1.807, 2.05) is 63.2 Å². The van der Waals surface area contributed by atoms with Crippen LogP contribution in [0.15, 0.2) is 48.5 Å². The fourth-order valence-corrected chi connectivity index (χ4v) is 2.08. The average molecular weight is 323 g/mol. The molecule has 4 heteroatoms. The number of amides is 1. The van der Waals surface area contributed by atoms with Crippen molar-refractivity contribution in [2.45, 2.75) is 20.8 Å². The molecule has 0 radical (unpaired) electrons. The summed E-state index contributed by atoms with van der Waals surface area (Å²) in [5.74, 6) is -0.910. The van der Waals surface area contributed by atoms with Crippen LogP contribution in [0, 0.1) is 20.8 Å². The zero-order chi connectivity index (χ0) is 17.5. The number of carbonyl (C=O) groups is 2. The van der Waals surface area contributed by atoms with Crippen molar-refractivity contribution in [3.8, 4) is 0 Å². The van der Waals surface area contributed by atoms with Gasteiger partial charge in [0.15, 0.2) is 6.61 Å². The van der Waals surface area contributed by atoms with Gasteiger partial charge in [-0.15, -0.1) is 0 Å². The van der Waals surface area contributed by atoms with Gasteiger partial charge in [-0.25, -0.2) is 4.79 Å². The monoisotopic (exact) mass is 323 g/mol. The molecule has 1 amide bonds. The summed E-state index contributed by atoms with van der Waals surface area (Å²) in [5, 5.41) is 2.75. The fourth-order valence-electron chi connectivity index (χ4n) is 2.08. The van der Waals surface area contributed by atoms with E-state index in [1.54, 1.807) is 6.08 Å². The molecule has 0 saturated heterocycles. The molecule has 0 aliphatic rings. The molecule has 0 bridgehead atoms. The van der Waals surface area contributed by atoms with Crippen LogP contribution in [0.25, 0.3) is 6.08 Å². The lowest BCUT2D eigenvalue weighted by Gasteiger charge is -2.09. The van der Waals surface area contributed by atoms with Crippen LogP contribution in [0.5, 0.6) is 0 Å². The quantitative estimate of drug-likeness (QED) is 0.672. The molecule has 0 unspecified atom stereocenters. The van der Waals surface area contributed by atoms with Gasteiger partial charge in [0.2, 0.25) is 0 Å². The Morgan fingerprint density at radius 2 is 1.67 bits per heavy atom. The van der Waals surface area contributed by atoms with Crippen molar-refractivity contribution in [1.29, 1.82) is 0 Å².